The summed E-state index contributed by atoms with van der Waals surface area (Å²) >= 11 is 0. The summed E-state index contributed by atoms with van der Waals surface area (Å²) in [4.78, 5) is 38.1. The third kappa shape index (κ3) is 56.3. The fraction of sp³-hybridized carbons (Fsp3) is 0.615. The van der Waals surface area contributed by atoms with Crippen LogP contribution in [0.2, 0.25) is 0 Å². The molecule has 6 heteroatoms. The van der Waals surface area contributed by atoms with Gasteiger partial charge in [-0.25, -0.2) is 0 Å². The molecule has 6 nitrogen and oxygen atoms in total. The van der Waals surface area contributed by atoms with Crippen molar-refractivity contribution in [3.05, 3.63) is 134 Å². The second-order valence-corrected chi connectivity index (χ2v) is 18.5. The topological polar surface area (TPSA) is 78.9 Å². The summed E-state index contributed by atoms with van der Waals surface area (Å²) in [6.07, 6.45) is 81.6. The van der Waals surface area contributed by atoms with Crippen LogP contribution >= 0.6 is 0 Å². The van der Waals surface area contributed by atoms with Gasteiger partial charge in [0.1, 0.15) is 13.2 Å². The number of allylic oxidation sites excluding steroid dienone is 22. The molecule has 0 aromatic carbocycles. The van der Waals surface area contributed by atoms with E-state index >= 15 is 0 Å². The molecule has 0 aliphatic rings. The summed E-state index contributed by atoms with van der Waals surface area (Å²) in [7, 11) is 0. The minimum Gasteiger partial charge on any atom is -0.462 e. The van der Waals surface area contributed by atoms with Crippen LogP contribution in [0.3, 0.4) is 0 Å². The minimum absolute atomic E-state index is 0.125. The number of rotatable bonds is 50. The molecule has 0 unspecified atom stereocenters. The molecule has 0 aliphatic heterocycles. The first-order chi connectivity index (χ1) is 35.0. The van der Waals surface area contributed by atoms with Crippen LogP contribution in [0, 0.1) is 0 Å². The lowest BCUT2D eigenvalue weighted by molar-refractivity contribution is -0.166. The number of hydrogen-bond donors (Lipinski definition) is 0. The van der Waals surface area contributed by atoms with E-state index in [4.69, 9.17) is 14.2 Å². The first-order valence-electron chi connectivity index (χ1n) is 28.7. The summed E-state index contributed by atoms with van der Waals surface area (Å²) in [5.41, 5.74) is 0. The molecule has 0 amide bonds. The molecule has 0 bridgehead atoms. The van der Waals surface area contributed by atoms with Crippen LogP contribution in [0.4, 0.5) is 0 Å². The second kappa shape index (κ2) is 58.1. The normalized spacial score (nSPS) is 13.1. The smallest absolute Gasteiger partial charge is 0.306 e. The zero-order valence-electron chi connectivity index (χ0n) is 45.7. The molecule has 0 N–H and O–H groups in total. The average molecular weight is 982 g/mol. The fourth-order valence-corrected chi connectivity index (χ4v) is 7.33. The molecule has 0 aromatic heterocycles. The molecule has 0 fully saturated rings. The first-order valence-corrected chi connectivity index (χ1v) is 28.7. The van der Waals surface area contributed by atoms with Crippen LogP contribution in [0.5, 0.6) is 0 Å². The van der Waals surface area contributed by atoms with Gasteiger partial charge in [-0.2, -0.15) is 0 Å². The lowest BCUT2D eigenvalue weighted by Crippen LogP contribution is -2.30. The van der Waals surface area contributed by atoms with Crippen molar-refractivity contribution < 1.29 is 28.6 Å². The van der Waals surface area contributed by atoms with Gasteiger partial charge >= 0.3 is 17.9 Å². The van der Waals surface area contributed by atoms with Crippen molar-refractivity contribution >= 4 is 17.9 Å². The summed E-state index contributed by atoms with van der Waals surface area (Å²) in [5.74, 6) is -1.05. The zero-order chi connectivity index (χ0) is 51.4. The lowest BCUT2D eigenvalue weighted by atomic mass is 10.1. The molecule has 0 aliphatic carbocycles. The Morgan fingerprint density at radius 3 is 0.972 bits per heavy atom. The number of carbonyl (C=O) groups is 3. The average Bonchev–Trinajstić information content (AvgIpc) is 3.37. The molecule has 71 heavy (non-hydrogen) atoms. The number of unbranched alkanes of at least 4 members (excludes halogenated alkanes) is 17. The van der Waals surface area contributed by atoms with Gasteiger partial charge in [0.05, 0.1) is 0 Å². The molecule has 0 radical (unpaired) electrons. The summed E-state index contributed by atoms with van der Waals surface area (Å²) in [5, 5.41) is 0. The Balaban J connectivity index is 4.59. The molecule has 0 spiro atoms. The van der Waals surface area contributed by atoms with Crippen molar-refractivity contribution in [2.75, 3.05) is 13.2 Å². The summed E-state index contributed by atoms with van der Waals surface area (Å²) in [6.45, 7) is 6.38. The number of ether oxygens (including phenoxy) is 3. The molecular formula is C65H104O6. The van der Waals surface area contributed by atoms with E-state index in [-0.39, 0.29) is 31.6 Å². The monoisotopic (exact) mass is 981 g/mol. The first kappa shape index (κ1) is 66.6. The van der Waals surface area contributed by atoms with Crippen LogP contribution in [-0.4, -0.2) is 37.2 Å². The summed E-state index contributed by atoms with van der Waals surface area (Å²) < 4.78 is 16.8. The van der Waals surface area contributed by atoms with Gasteiger partial charge in [0.25, 0.3) is 0 Å². The van der Waals surface area contributed by atoms with Gasteiger partial charge in [-0.05, 0) is 128 Å². The standard InChI is InChI=1S/C65H104O6/c1-4-7-10-13-16-19-22-25-28-30-32-34-37-40-43-46-49-52-55-58-64(67)70-61-62(60-69-63(66)57-54-51-48-45-42-39-36-27-24-21-18-15-12-9-6-3)71-65(68)59-56-53-50-47-44-41-38-35-33-31-29-26-23-20-17-14-11-8-5-2/h8,11,16-17,19-21,24-26,28-29,32-35,40-41,43-44,50,53,62H,4-7,9-10,12-15,18,22-23,27,30-31,36-39,42,45-49,51-52,54-61H2,1-3H3/b11-8-,19-16-,20-17-,24-21-,28-25-,29-26-,34-32-,35-33-,43-40-,44-41-,53-50-/t62-/m0/s1. The quantitative estimate of drug-likeness (QED) is 0.0262. The molecule has 0 saturated carbocycles. The van der Waals surface area contributed by atoms with E-state index in [0.717, 1.165) is 103 Å². The lowest BCUT2D eigenvalue weighted by Gasteiger charge is -2.18. The van der Waals surface area contributed by atoms with Crippen LogP contribution in [0.15, 0.2) is 134 Å². The minimum atomic E-state index is -0.839. The van der Waals surface area contributed by atoms with Crippen LogP contribution < -0.4 is 0 Å². The Morgan fingerprint density at radius 1 is 0.296 bits per heavy atom. The molecule has 1 atom stereocenters. The highest BCUT2D eigenvalue weighted by molar-refractivity contribution is 5.71. The van der Waals surface area contributed by atoms with Crippen molar-refractivity contribution in [1.29, 1.82) is 0 Å². The van der Waals surface area contributed by atoms with Gasteiger partial charge in [-0.15, -0.1) is 0 Å². The largest absolute Gasteiger partial charge is 0.462 e. The third-order valence-corrected chi connectivity index (χ3v) is 11.6. The number of carbonyl (C=O) groups excluding carboxylic acids is 3. The van der Waals surface area contributed by atoms with E-state index in [9.17, 15) is 14.4 Å². The van der Waals surface area contributed by atoms with Crippen molar-refractivity contribution in [1.82, 2.24) is 0 Å². The zero-order valence-corrected chi connectivity index (χ0v) is 45.7. The number of esters is 3. The Morgan fingerprint density at radius 2 is 0.577 bits per heavy atom. The molecule has 0 aromatic rings. The van der Waals surface area contributed by atoms with Crippen molar-refractivity contribution in [2.24, 2.45) is 0 Å². The SMILES string of the molecule is CC/C=C\C/C=C\C/C=C\C/C=C\C/C=C\C/C=C\CCC(=O)O[C@H](COC(=O)CCCCC/C=C\C/C=C\C/C=C\C/C=C\CCCCC)COC(=O)CCCCCCCCC/C=C\CCCCCC. The van der Waals surface area contributed by atoms with E-state index in [1.165, 1.54) is 89.9 Å². The molecule has 0 heterocycles. The van der Waals surface area contributed by atoms with Gasteiger partial charge < -0.3 is 14.2 Å². The van der Waals surface area contributed by atoms with E-state index in [2.05, 4.69) is 142 Å². The Kier molecular flexibility index (Phi) is 54.5. The van der Waals surface area contributed by atoms with Gasteiger partial charge in [0, 0.05) is 19.3 Å². The van der Waals surface area contributed by atoms with Crippen LogP contribution in [0.25, 0.3) is 0 Å². The number of hydrogen-bond acceptors (Lipinski definition) is 6. The molecular weight excluding hydrogens is 877 g/mol. The maximum absolute atomic E-state index is 12.8. The highest BCUT2D eigenvalue weighted by Gasteiger charge is 2.19. The van der Waals surface area contributed by atoms with E-state index in [1.54, 1.807) is 0 Å². The van der Waals surface area contributed by atoms with E-state index < -0.39 is 12.1 Å². The maximum atomic E-state index is 12.8. The van der Waals surface area contributed by atoms with Gasteiger partial charge in [-0.3, -0.25) is 14.4 Å². The van der Waals surface area contributed by atoms with Gasteiger partial charge in [-0.1, -0.05) is 225 Å². The van der Waals surface area contributed by atoms with E-state index in [1.807, 2.05) is 12.2 Å². The maximum Gasteiger partial charge on any atom is 0.306 e. The summed E-state index contributed by atoms with van der Waals surface area (Å²) in [6, 6.07) is 0. The van der Waals surface area contributed by atoms with Gasteiger partial charge in [0.15, 0.2) is 6.10 Å². The predicted octanol–water partition coefficient (Wildman–Crippen LogP) is 19.4. The molecule has 400 valence electrons. The second-order valence-electron chi connectivity index (χ2n) is 18.5. The van der Waals surface area contributed by atoms with Crippen LogP contribution in [-0.2, 0) is 28.6 Å². The Bertz CT molecular complexity index is 1550. The Hall–Kier alpha value is -4.45. The van der Waals surface area contributed by atoms with Crippen LogP contribution in [0.1, 0.15) is 239 Å². The van der Waals surface area contributed by atoms with Gasteiger partial charge in [0.2, 0.25) is 0 Å². The molecule has 0 saturated heterocycles. The predicted molar refractivity (Wildman–Crippen MR) is 306 cm³/mol. The highest BCUT2D eigenvalue weighted by atomic mass is 16.6. The van der Waals surface area contributed by atoms with Crippen molar-refractivity contribution in [2.45, 2.75) is 245 Å². The van der Waals surface area contributed by atoms with E-state index in [0.29, 0.717) is 19.3 Å². The molecule has 0 rings (SSSR count). The van der Waals surface area contributed by atoms with Crippen molar-refractivity contribution in [3.8, 4) is 0 Å². The van der Waals surface area contributed by atoms with Crippen molar-refractivity contribution in [3.63, 3.8) is 0 Å². The fourth-order valence-electron chi connectivity index (χ4n) is 7.33. The highest BCUT2D eigenvalue weighted by Crippen LogP contribution is 2.13. The Labute approximate surface area is 436 Å². The third-order valence-electron chi connectivity index (χ3n) is 11.6.